The van der Waals surface area contributed by atoms with Crippen LogP contribution in [0.15, 0.2) is 72.9 Å². The summed E-state index contributed by atoms with van der Waals surface area (Å²) < 4.78 is 1.95. The summed E-state index contributed by atoms with van der Waals surface area (Å²) in [4.78, 5) is 17.8. The summed E-state index contributed by atoms with van der Waals surface area (Å²) >= 11 is 6.20. The largest absolute Gasteiger partial charge is 0.310 e. The quantitative estimate of drug-likeness (QED) is 0.476. The molecule has 4 nitrogen and oxygen atoms in total. The van der Waals surface area contributed by atoms with Crippen molar-refractivity contribution in [3.05, 3.63) is 89.1 Å². The molecule has 0 radical (unpaired) electrons. The van der Waals surface area contributed by atoms with Gasteiger partial charge in [0.1, 0.15) is 17.2 Å². The molecule has 2 heterocycles. The van der Waals surface area contributed by atoms with Crippen LogP contribution in [-0.4, -0.2) is 15.3 Å². The molecule has 1 amide bonds. The lowest BCUT2D eigenvalue weighted by Crippen LogP contribution is -2.16. The molecule has 0 spiro atoms. The third-order valence-electron chi connectivity index (χ3n) is 5.46. The summed E-state index contributed by atoms with van der Waals surface area (Å²) in [6, 6.07) is 21.8. The Morgan fingerprint density at radius 3 is 2.72 bits per heavy atom. The highest BCUT2D eigenvalue weighted by atomic mass is 35.5. The van der Waals surface area contributed by atoms with Crippen LogP contribution >= 0.6 is 11.6 Å². The maximum Gasteiger partial charge on any atom is 0.229 e. The number of aryl methyl sites for hydroxylation is 1. The van der Waals surface area contributed by atoms with E-state index >= 15 is 0 Å². The van der Waals surface area contributed by atoms with Crippen LogP contribution in [-0.2, 0) is 4.79 Å². The lowest BCUT2D eigenvalue weighted by atomic mass is 10.1. The van der Waals surface area contributed by atoms with Crippen molar-refractivity contribution in [3.8, 4) is 11.3 Å². The third-order valence-corrected chi connectivity index (χ3v) is 5.70. The van der Waals surface area contributed by atoms with Crippen molar-refractivity contribution in [2.45, 2.75) is 19.3 Å². The van der Waals surface area contributed by atoms with Gasteiger partial charge in [-0.1, -0.05) is 60.1 Å². The van der Waals surface area contributed by atoms with E-state index in [0.717, 1.165) is 28.9 Å². The fourth-order valence-electron chi connectivity index (χ4n) is 3.87. The van der Waals surface area contributed by atoms with Crippen LogP contribution in [0.5, 0.6) is 0 Å². The van der Waals surface area contributed by atoms with Crippen LogP contribution < -0.4 is 5.32 Å². The van der Waals surface area contributed by atoms with Crippen LogP contribution in [0.4, 0.5) is 5.82 Å². The standard InChI is InChI=1S/C24H20ClN3O/c1-15-10-11-21-26-22(17-8-5-9-18(25)12-17)23(28(21)14-15)27-24(29)20-13-19(20)16-6-3-2-4-7-16/h2-12,14,19-20H,13H2,1H3,(H,27,29)/t19-,20-/m0/s1. The zero-order chi connectivity index (χ0) is 20.0. The van der Waals surface area contributed by atoms with E-state index in [1.165, 1.54) is 5.56 Å². The molecule has 5 heteroatoms. The minimum Gasteiger partial charge on any atom is -0.310 e. The second-order valence-electron chi connectivity index (χ2n) is 7.60. The van der Waals surface area contributed by atoms with Gasteiger partial charge in [0.15, 0.2) is 0 Å². The van der Waals surface area contributed by atoms with Crippen molar-refractivity contribution in [3.63, 3.8) is 0 Å². The fraction of sp³-hybridized carbons (Fsp3) is 0.167. The van der Waals surface area contributed by atoms with E-state index in [-0.39, 0.29) is 17.7 Å². The van der Waals surface area contributed by atoms with Gasteiger partial charge in [-0.15, -0.1) is 0 Å². The van der Waals surface area contributed by atoms with Crippen molar-refractivity contribution in [2.24, 2.45) is 5.92 Å². The molecular formula is C24H20ClN3O. The number of fused-ring (bicyclic) bond motifs is 1. The van der Waals surface area contributed by atoms with Crippen LogP contribution in [0.25, 0.3) is 16.9 Å². The van der Waals surface area contributed by atoms with Gasteiger partial charge in [0.25, 0.3) is 0 Å². The number of aromatic nitrogens is 2. The predicted molar refractivity (Wildman–Crippen MR) is 116 cm³/mol. The van der Waals surface area contributed by atoms with E-state index in [0.29, 0.717) is 10.8 Å². The number of carbonyl (C=O) groups is 1. The summed E-state index contributed by atoms with van der Waals surface area (Å²) in [6.45, 7) is 2.02. The maximum absolute atomic E-state index is 13.1. The Labute approximate surface area is 174 Å². The fourth-order valence-corrected chi connectivity index (χ4v) is 4.06. The Bertz CT molecular complexity index is 1220. The van der Waals surface area contributed by atoms with Gasteiger partial charge in [0, 0.05) is 22.7 Å². The Hall–Kier alpha value is -3.11. The highest BCUT2D eigenvalue weighted by Crippen LogP contribution is 2.48. The lowest BCUT2D eigenvalue weighted by molar-refractivity contribution is -0.117. The molecule has 1 aliphatic carbocycles. The monoisotopic (exact) mass is 401 g/mol. The molecule has 4 aromatic rings. The Morgan fingerprint density at radius 1 is 1.10 bits per heavy atom. The Balaban J connectivity index is 1.51. The van der Waals surface area contributed by atoms with Crippen molar-refractivity contribution in [2.75, 3.05) is 5.32 Å². The van der Waals surface area contributed by atoms with Gasteiger partial charge in [-0.2, -0.15) is 0 Å². The zero-order valence-corrected chi connectivity index (χ0v) is 16.7. The number of carbonyl (C=O) groups excluding carboxylic acids is 1. The Morgan fingerprint density at radius 2 is 1.93 bits per heavy atom. The highest BCUT2D eigenvalue weighted by molar-refractivity contribution is 6.30. The van der Waals surface area contributed by atoms with Crippen molar-refractivity contribution < 1.29 is 4.79 Å². The number of nitrogens with one attached hydrogen (secondary N) is 1. The van der Waals surface area contributed by atoms with Gasteiger partial charge in [-0.05, 0) is 48.6 Å². The minimum absolute atomic E-state index is 0.0139. The molecule has 0 aliphatic heterocycles. The molecule has 2 aromatic carbocycles. The van der Waals surface area contributed by atoms with E-state index in [9.17, 15) is 4.79 Å². The van der Waals surface area contributed by atoms with Gasteiger partial charge >= 0.3 is 0 Å². The Kier molecular flexibility index (Phi) is 4.36. The lowest BCUT2D eigenvalue weighted by Gasteiger charge is -2.09. The number of nitrogens with zero attached hydrogens (tertiary/aromatic N) is 2. The number of pyridine rings is 1. The molecule has 0 unspecified atom stereocenters. The number of rotatable bonds is 4. The number of anilines is 1. The van der Waals surface area contributed by atoms with Gasteiger partial charge in [0.2, 0.25) is 5.91 Å². The molecular weight excluding hydrogens is 382 g/mol. The third kappa shape index (κ3) is 3.40. The van der Waals surface area contributed by atoms with Crippen LogP contribution in [0.2, 0.25) is 5.02 Å². The van der Waals surface area contributed by atoms with Crippen LogP contribution in [0.1, 0.15) is 23.5 Å². The first kappa shape index (κ1) is 18.0. The minimum atomic E-state index is -0.0139. The molecule has 1 aliphatic rings. The van der Waals surface area contributed by atoms with Gasteiger partial charge < -0.3 is 5.32 Å². The van der Waals surface area contributed by atoms with E-state index in [2.05, 4.69) is 17.4 Å². The van der Waals surface area contributed by atoms with Crippen LogP contribution in [0, 0.1) is 12.8 Å². The molecule has 0 bridgehead atoms. The van der Waals surface area contributed by atoms with Gasteiger partial charge in [-0.3, -0.25) is 9.20 Å². The second-order valence-corrected chi connectivity index (χ2v) is 8.04. The first-order chi connectivity index (χ1) is 14.1. The number of halogens is 1. The molecule has 2 aromatic heterocycles. The molecule has 1 N–H and O–H groups in total. The first-order valence-electron chi connectivity index (χ1n) is 9.70. The molecule has 5 rings (SSSR count). The summed E-state index contributed by atoms with van der Waals surface area (Å²) in [6.07, 6.45) is 2.87. The molecule has 0 saturated heterocycles. The highest BCUT2D eigenvalue weighted by Gasteiger charge is 2.44. The zero-order valence-electron chi connectivity index (χ0n) is 16.0. The SMILES string of the molecule is Cc1ccc2nc(-c3cccc(Cl)c3)c(NC(=O)[C@H]3C[C@H]3c3ccccc3)n2c1. The summed E-state index contributed by atoms with van der Waals surface area (Å²) in [5, 5.41) is 3.80. The number of benzene rings is 2. The molecule has 2 atom stereocenters. The smallest absolute Gasteiger partial charge is 0.229 e. The van der Waals surface area contributed by atoms with E-state index in [1.807, 2.05) is 72.1 Å². The maximum atomic E-state index is 13.1. The topological polar surface area (TPSA) is 46.4 Å². The second kappa shape index (κ2) is 7.05. The average Bonchev–Trinajstić information content (AvgIpc) is 3.46. The van der Waals surface area contributed by atoms with Gasteiger partial charge in [0.05, 0.1) is 0 Å². The summed E-state index contributed by atoms with van der Waals surface area (Å²) in [7, 11) is 0. The number of imidazole rings is 1. The van der Waals surface area contributed by atoms with E-state index in [1.54, 1.807) is 0 Å². The number of hydrogen-bond donors (Lipinski definition) is 1. The predicted octanol–water partition coefficient (Wildman–Crippen LogP) is 5.71. The molecule has 1 saturated carbocycles. The molecule has 1 fully saturated rings. The van der Waals surface area contributed by atoms with E-state index < -0.39 is 0 Å². The number of hydrogen-bond acceptors (Lipinski definition) is 2. The van der Waals surface area contributed by atoms with Crippen LogP contribution in [0.3, 0.4) is 0 Å². The van der Waals surface area contributed by atoms with Crippen molar-refractivity contribution in [1.82, 2.24) is 9.38 Å². The molecule has 144 valence electrons. The average molecular weight is 402 g/mol. The normalized spacial score (nSPS) is 18.0. The summed E-state index contributed by atoms with van der Waals surface area (Å²) in [5.41, 5.74) is 4.71. The molecule has 29 heavy (non-hydrogen) atoms. The summed E-state index contributed by atoms with van der Waals surface area (Å²) in [5.74, 6) is 0.992. The van der Waals surface area contributed by atoms with E-state index in [4.69, 9.17) is 16.6 Å². The van der Waals surface area contributed by atoms with Crippen molar-refractivity contribution in [1.29, 1.82) is 0 Å². The first-order valence-corrected chi connectivity index (χ1v) is 10.1. The van der Waals surface area contributed by atoms with Gasteiger partial charge in [-0.25, -0.2) is 4.98 Å². The van der Waals surface area contributed by atoms with Crippen molar-refractivity contribution >= 4 is 29.0 Å². The number of amides is 1.